The molecule has 35 heavy (non-hydrogen) atoms. The van der Waals surface area contributed by atoms with Crippen molar-refractivity contribution >= 4 is 39.3 Å². The van der Waals surface area contributed by atoms with E-state index in [1.807, 2.05) is 42.2 Å². The van der Waals surface area contributed by atoms with Crippen molar-refractivity contribution in [3.8, 4) is 0 Å². The number of nitrogens with zero attached hydrogens (tertiary/aromatic N) is 4. The van der Waals surface area contributed by atoms with Crippen molar-refractivity contribution in [2.45, 2.75) is 44.2 Å². The SMILES string of the molecule is O=c1c2cc(Cc3ccc(N4CCSCC4)nc3)c3ccccc3c2ncn1[C@H]1CCCC[C@@H]1O. The number of hydrogen-bond acceptors (Lipinski definition) is 6. The van der Waals surface area contributed by atoms with Crippen molar-refractivity contribution < 1.29 is 5.11 Å². The number of pyridine rings is 1. The van der Waals surface area contributed by atoms with Crippen LogP contribution < -0.4 is 10.5 Å². The van der Waals surface area contributed by atoms with Gasteiger partial charge in [-0.25, -0.2) is 9.97 Å². The van der Waals surface area contributed by atoms with Crippen molar-refractivity contribution in [3.63, 3.8) is 0 Å². The predicted octanol–water partition coefficient (Wildman–Crippen LogP) is 4.56. The van der Waals surface area contributed by atoms with Gasteiger partial charge in [-0.3, -0.25) is 9.36 Å². The average molecular weight is 487 g/mol. The Morgan fingerprint density at radius 3 is 2.54 bits per heavy atom. The van der Waals surface area contributed by atoms with Crippen LogP contribution in [-0.2, 0) is 6.42 Å². The van der Waals surface area contributed by atoms with E-state index < -0.39 is 6.10 Å². The standard InChI is InChI=1S/C28H30N4O2S/c33-25-8-4-3-7-24(25)32-18-30-27-22-6-2-1-5-21(22)20(16-23(27)28(32)34)15-19-9-10-26(29-17-19)31-11-13-35-14-12-31/h1-2,5-6,9-10,16-18,24-25,33H,3-4,7-8,11-15H2/t24-,25-/m0/s1. The first-order chi connectivity index (χ1) is 17.2. The van der Waals surface area contributed by atoms with Crippen LogP contribution in [0.15, 0.2) is 59.8 Å². The van der Waals surface area contributed by atoms with Crippen LogP contribution >= 0.6 is 11.8 Å². The number of fused-ring (bicyclic) bond motifs is 3. The quantitative estimate of drug-likeness (QED) is 0.426. The number of aliphatic hydroxyl groups is 1. The largest absolute Gasteiger partial charge is 0.391 e. The molecule has 2 aliphatic rings. The lowest BCUT2D eigenvalue weighted by Crippen LogP contribution is -2.34. The fourth-order valence-corrected chi connectivity index (χ4v) is 6.47. The van der Waals surface area contributed by atoms with Gasteiger partial charge in [0.2, 0.25) is 0 Å². The number of hydrogen-bond donors (Lipinski definition) is 1. The third kappa shape index (κ3) is 4.32. The van der Waals surface area contributed by atoms with Gasteiger partial charge in [0.25, 0.3) is 5.56 Å². The van der Waals surface area contributed by atoms with E-state index in [0.29, 0.717) is 11.8 Å². The molecule has 4 aromatic rings. The maximum Gasteiger partial charge on any atom is 0.261 e. The molecule has 0 spiro atoms. The Balaban J connectivity index is 1.40. The number of rotatable bonds is 4. The Hall–Kier alpha value is -2.90. The fourth-order valence-electron chi connectivity index (χ4n) is 5.57. The number of thioether (sulfide) groups is 1. The molecule has 2 atom stereocenters. The van der Waals surface area contributed by atoms with E-state index in [1.54, 1.807) is 10.9 Å². The summed E-state index contributed by atoms with van der Waals surface area (Å²) in [4.78, 5) is 25.5. The van der Waals surface area contributed by atoms with E-state index in [-0.39, 0.29) is 11.6 Å². The topological polar surface area (TPSA) is 71.2 Å². The Kier molecular flexibility index (Phi) is 6.20. The normalized spacial score (nSPS) is 21.0. The van der Waals surface area contributed by atoms with Crippen molar-refractivity contribution in [1.29, 1.82) is 0 Å². The molecule has 1 aliphatic heterocycles. The van der Waals surface area contributed by atoms with E-state index in [4.69, 9.17) is 9.97 Å². The maximum absolute atomic E-state index is 13.6. The highest BCUT2D eigenvalue weighted by Gasteiger charge is 2.26. The lowest BCUT2D eigenvalue weighted by Gasteiger charge is -2.29. The first kappa shape index (κ1) is 22.6. The molecule has 7 heteroatoms. The number of anilines is 1. The van der Waals surface area contributed by atoms with Gasteiger partial charge < -0.3 is 10.0 Å². The Morgan fingerprint density at radius 2 is 1.77 bits per heavy atom. The number of aromatic nitrogens is 3. The highest BCUT2D eigenvalue weighted by atomic mass is 32.2. The van der Waals surface area contributed by atoms with Crippen molar-refractivity contribution in [3.05, 3.63) is 76.5 Å². The first-order valence-corrected chi connectivity index (χ1v) is 13.7. The van der Waals surface area contributed by atoms with Crippen LogP contribution in [0.5, 0.6) is 0 Å². The van der Waals surface area contributed by atoms with Crippen LogP contribution in [0.1, 0.15) is 42.9 Å². The smallest absolute Gasteiger partial charge is 0.261 e. The summed E-state index contributed by atoms with van der Waals surface area (Å²) in [5.74, 6) is 3.34. The number of benzene rings is 2. The molecule has 1 saturated heterocycles. The molecule has 0 radical (unpaired) electrons. The summed E-state index contributed by atoms with van der Waals surface area (Å²) < 4.78 is 1.66. The lowest BCUT2D eigenvalue weighted by molar-refractivity contribution is 0.0735. The van der Waals surface area contributed by atoms with Crippen LogP contribution in [0.2, 0.25) is 0 Å². The zero-order chi connectivity index (χ0) is 23.8. The van der Waals surface area contributed by atoms with Gasteiger partial charge in [0, 0.05) is 36.2 Å². The molecule has 1 N–H and O–H groups in total. The van der Waals surface area contributed by atoms with Crippen LogP contribution in [-0.4, -0.2) is 50.3 Å². The Labute approximate surface area is 209 Å². The van der Waals surface area contributed by atoms with Gasteiger partial charge in [-0.15, -0.1) is 0 Å². The second-order valence-electron chi connectivity index (χ2n) is 9.65. The van der Waals surface area contributed by atoms with Crippen molar-refractivity contribution in [2.24, 2.45) is 0 Å². The molecule has 2 fully saturated rings. The molecular weight excluding hydrogens is 456 g/mol. The second kappa shape index (κ2) is 9.63. The predicted molar refractivity (Wildman–Crippen MR) is 144 cm³/mol. The second-order valence-corrected chi connectivity index (χ2v) is 10.9. The van der Waals surface area contributed by atoms with Crippen LogP contribution in [0.3, 0.4) is 0 Å². The molecule has 6 rings (SSSR count). The summed E-state index contributed by atoms with van der Waals surface area (Å²) in [6.07, 6.45) is 7.37. The molecule has 3 heterocycles. The van der Waals surface area contributed by atoms with E-state index >= 15 is 0 Å². The van der Waals surface area contributed by atoms with Gasteiger partial charge in [0.15, 0.2) is 0 Å². The zero-order valence-electron chi connectivity index (χ0n) is 19.8. The summed E-state index contributed by atoms with van der Waals surface area (Å²) in [6.45, 7) is 2.09. The van der Waals surface area contributed by atoms with Crippen LogP contribution in [0.4, 0.5) is 5.82 Å². The molecule has 2 aromatic carbocycles. The summed E-state index contributed by atoms with van der Waals surface area (Å²) >= 11 is 2.00. The summed E-state index contributed by atoms with van der Waals surface area (Å²) in [5, 5.41) is 13.3. The van der Waals surface area contributed by atoms with Crippen LogP contribution in [0.25, 0.3) is 21.7 Å². The lowest BCUT2D eigenvalue weighted by atomic mass is 9.92. The highest BCUT2D eigenvalue weighted by Crippen LogP contribution is 2.31. The minimum atomic E-state index is -0.497. The molecule has 0 amide bonds. The highest BCUT2D eigenvalue weighted by molar-refractivity contribution is 7.99. The molecule has 180 valence electrons. The fraction of sp³-hybridized carbons (Fsp3) is 0.393. The minimum absolute atomic E-state index is 0.0654. The number of aliphatic hydroxyl groups excluding tert-OH is 1. The Morgan fingerprint density at radius 1 is 0.971 bits per heavy atom. The molecule has 1 aliphatic carbocycles. The van der Waals surface area contributed by atoms with E-state index in [9.17, 15) is 9.90 Å². The maximum atomic E-state index is 13.6. The summed E-state index contributed by atoms with van der Waals surface area (Å²) in [5.41, 5.74) is 2.88. The monoisotopic (exact) mass is 486 g/mol. The Bertz CT molecular complexity index is 1410. The minimum Gasteiger partial charge on any atom is -0.391 e. The van der Waals surface area contributed by atoms with Gasteiger partial charge in [0.1, 0.15) is 5.82 Å². The van der Waals surface area contributed by atoms with Gasteiger partial charge >= 0.3 is 0 Å². The van der Waals surface area contributed by atoms with Crippen molar-refractivity contribution in [1.82, 2.24) is 14.5 Å². The van der Waals surface area contributed by atoms with Crippen molar-refractivity contribution in [2.75, 3.05) is 29.5 Å². The third-order valence-corrected chi connectivity index (χ3v) is 8.41. The molecule has 6 nitrogen and oxygen atoms in total. The molecular formula is C28H30N4O2S. The molecule has 2 aromatic heterocycles. The first-order valence-electron chi connectivity index (χ1n) is 12.6. The van der Waals surface area contributed by atoms with E-state index in [1.165, 1.54) is 0 Å². The molecule has 1 saturated carbocycles. The average Bonchev–Trinajstić information content (AvgIpc) is 2.91. The van der Waals surface area contributed by atoms with Crippen LogP contribution in [0, 0.1) is 0 Å². The molecule has 0 unspecified atom stereocenters. The van der Waals surface area contributed by atoms with Gasteiger partial charge in [-0.1, -0.05) is 43.2 Å². The summed E-state index contributed by atoms with van der Waals surface area (Å²) in [7, 11) is 0. The van der Waals surface area contributed by atoms with Gasteiger partial charge in [0.05, 0.1) is 29.4 Å². The van der Waals surface area contributed by atoms with Gasteiger partial charge in [-0.05, 0) is 47.9 Å². The molecule has 0 bridgehead atoms. The summed E-state index contributed by atoms with van der Waals surface area (Å²) in [6, 6.07) is 14.3. The van der Waals surface area contributed by atoms with E-state index in [0.717, 1.165) is 83.5 Å². The van der Waals surface area contributed by atoms with Gasteiger partial charge in [-0.2, -0.15) is 11.8 Å². The third-order valence-electron chi connectivity index (χ3n) is 7.47. The van der Waals surface area contributed by atoms with E-state index in [2.05, 4.69) is 23.1 Å². The zero-order valence-corrected chi connectivity index (χ0v) is 20.6.